The van der Waals surface area contributed by atoms with Crippen LogP contribution in [0.5, 0.6) is 17.2 Å². The number of benzene rings is 2. The van der Waals surface area contributed by atoms with Gasteiger partial charge in [-0.25, -0.2) is 5.43 Å². The largest absolute Gasteiger partial charge is 0.507 e. The van der Waals surface area contributed by atoms with Crippen molar-refractivity contribution in [3.05, 3.63) is 52.5 Å². The maximum atomic E-state index is 12.0. The van der Waals surface area contributed by atoms with Crippen LogP contribution in [0.25, 0.3) is 0 Å². The second-order valence-corrected chi connectivity index (χ2v) is 5.66. The number of fused-ring (bicyclic) bond motifs is 1. The minimum atomic E-state index is -0.756. The highest BCUT2D eigenvalue weighted by atomic mass is 79.9. The number of nitrogens with zero attached hydrogens (tertiary/aromatic N) is 1. The van der Waals surface area contributed by atoms with Gasteiger partial charge in [0, 0.05) is 0 Å². The number of phenols is 1. The standard InChI is InChI=1S/C16H13BrN2O4/c17-11-7-10(5-6-12(11)20)8-18-19-16(21)15-9-22-13-3-1-2-4-14(13)23-15/h1-8,15,20H,9H2,(H,19,21). The lowest BCUT2D eigenvalue weighted by molar-refractivity contribution is -0.130. The first-order valence-corrected chi connectivity index (χ1v) is 7.63. The van der Waals surface area contributed by atoms with E-state index in [1.54, 1.807) is 24.3 Å². The van der Waals surface area contributed by atoms with Gasteiger partial charge in [-0.2, -0.15) is 5.10 Å². The monoisotopic (exact) mass is 376 g/mol. The van der Waals surface area contributed by atoms with Gasteiger partial charge in [-0.1, -0.05) is 12.1 Å². The fourth-order valence-corrected chi connectivity index (χ4v) is 2.39. The van der Waals surface area contributed by atoms with E-state index in [4.69, 9.17) is 9.47 Å². The Balaban J connectivity index is 1.59. The fraction of sp³-hybridized carbons (Fsp3) is 0.125. The molecule has 0 saturated carbocycles. The van der Waals surface area contributed by atoms with Crippen molar-refractivity contribution in [3.63, 3.8) is 0 Å². The molecule has 118 valence electrons. The van der Waals surface area contributed by atoms with Crippen LogP contribution in [0.1, 0.15) is 5.56 Å². The highest BCUT2D eigenvalue weighted by Crippen LogP contribution is 2.30. The van der Waals surface area contributed by atoms with Crippen molar-refractivity contribution in [3.8, 4) is 17.2 Å². The van der Waals surface area contributed by atoms with Crippen molar-refractivity contribution >= 4 is 28.1 Å². The number of carbonyl (C=O) groups is 1. The molecule has 2 N–H and O–H groups in total. The summed E-state index contributed by atoms with van der Waals surface area (Å²) in [5.41, 5.74) is 3.14. The van der Waals surface area contributed by atoms with Crippen LogP contribution in [0.4, 0.5) is 0 Å². The van der Waals surface area contributed by atoms with E-state index in [2.05, 4.69) is 26.5 Å². The smallest absolute Gasteiger partial charge is 0.284 e. The Hall–Kier alpha value is -2.54. The van der Waals surface area contributed by atoms with Crippen LogP contribution in [-0.4, -0.2) is 29.9 Å². The van der Waals surface area contributed by atoms with E-state index in [-0.39, 0.29) is 12.4 Å². The number of para-hydroxylation sites is 2. The molecule has 0 aromatic heterocycles. The maximum Gasteiger partial charge on any atom is 0.284 e. The number of hydrogen-bond donors (Lipinski definition) is 2. The number of rotatable bonds is 3. The minimum absolute atomic E-state index is 0.128. The number of hydrazone groups is 1. The number of hydrogen-bond acceptors (Lipinski definition) is 5. The van der Waals surface area contributed by atoms with Gasteiger partial charge in [0.15, 0.2) is 11.5 Å². The van der Waals surface area contributed by atoms with E-state index in [1.165, 1.54) is 12.3 Å². The third-order valence-electron chi connectivity index (χ3n) is 3.16. The van der Waals surface area contributed by atoms with Gasteiger partial charge in [0.25, 0.3) is 5.91 Å². The second kappa shape index (κ2) is 6.70. The molecule has 2 aromatic rings. The zero-order valence-corrected chi connectivity index (χ0v) is 13.5. The van der Waals surface area contributed by atoms with Crippen molar-refractivity contribution in [1.82, 2.24) is 5.43 Å². The molecule has 1 amide bonds. The molecule has 7 heteroatoms. The van der Waals surface area contributed by atoms with E-state index in [1.807, 2.05) is 12.1 Å². The molecule has 0 spiro atoms. The van der Waals surface area contributed by atoms with Crippen LogP contribution >= 0.6 is 15.9 Å². The zero-order valence-electron chi connectivity index (χ0n) is 11.9. The van der Waals surface area contributed by atoms with Crippen molar-refractivity contribution in [1.29, 1.82) is 0 Å². The first kappa shape index (κ1) is 15.4. The molecule has 0 bridgehead atoms. The highest BCUT2D eigenvalue weighted by molar-refractivity contribution is 9.10. The van der Waals surface area contributed by atoms with E-state index < -0.39 is 12.0 Å². The van der Waals surface area contributed by atoms with Gasteiger partial charge in [0.2, 0.25) is 6.10 Å². The molecule has 0 fully saturated rings. The van der Waals surface area contributed by atoms with E-state index in [9.17, 15) is 9.90 Å². The third kappa shape index (κ3) is 3.62. The summed E-state index contributed by atoms with van der Waals surface area (Å²) < 4.78 is 11.6. The van der Waals surface area contributed by atoms with Crippen LogP contribution in [0, 0.1) is 0 Å². The Labute approximate surface area is 140 Å². The Bertz CT molecular complexity index is 763. The summed E-state index contributed by atoms with van der Waals surface area (Å²) in [5.74, 6) is 0.894. The van der Waals surface area contributed by atoms with Gasteiger partial charge in [0.1, 0.15) is 12.4 Å². The van der Waals surface area contributed by atoms with Gasteiger partial charge in [-0.3, -0.25) is 4.79 Å². The van der Waals surface area contributed by atoms with Crippen LogP contribution in [0.3, 0.4) is 0 Å². The molecule has 1 aliphatic heterocycles. The maximum absolute atomic E-state index is 12.0. The fourth-order valence-electron chi connectivity index (χ4n) is 1.99. The van der Waals surface area contributed by atoms with Crippen LogP contribution in [-0.2, 0) is 4.79 Å². The Morgan fingerprint density at radius 2 is 2.09 bits per heavy atom. The molecule has 23 heavy (non-hydrogen) atoms. The molecular formula is C16H13BrN2O4. The summed E-state index contributed by atoms with van der Waals surface area (Å²) in [4.78, 5) is 12.0. The first-order valence-electron chi connectivity index (χ1n) is 6.83. The summed E-state index contributed by atoms with van der Waals surface area (Å²) in [7, 11) is 0. The van der Waals surface area contributed by atoms with E-state index >= 15 is 0 Å². The predicted octanol–water partition coefficient (Wildman–Crippen LogP) is 2.44. The van der Waals surface area contributed by atoms with Gasteiger partial charge < -0.3 is 14.6 Å². The molecule has 1 heterocycles. The van der Waals surface area contributed by atoms with Gasteiger partial charge in [-0.15, -0.1) is 0 Å². The predicted molar refractivity (Wildman–Crippen MR) is 87.9 cm³/mol. The van der Waals surface area contributed by atoms with Gasteiger partial charge >= 0.3 is 0 Å². The number of ether oxygens (including phenoxy) is 2. The van der Waals surface area contributed by atoms with Crippen molar-refractivity contribution in [2.45, 2.75) is 6.10 Å². The molecule has 1 atom stereocenters. The van der Waals surface area contributed by atoms with Crippen LogP contribution in [0.2, 0.25) is 0 Å². The van der Waals surface area contributed by atoms with Crippen molar-refractivity contribution < 1.29 is 19.4 Å². The minimum Gasteiger partial charge on any atom is -0.507 e. The number of carbonyl (C=O) groups excluding carboxylic acids is 1. The molecule has 1 aliphatic rings. The number of halogens is 1. The summed E-state index contributed by atoms with van der Waals surface area (Å²) in [6.07, 6.45) is 0.716. The molecule has 2 aromatic carbocycles. The Morgan fingerprint density at radius 1 is 1.30 bits per heavy atom. The number of phenolic OH excluding ortho intramolecular Hbond substituents is 1. The summed E-state index contributed by atoms with van der Waals surface area (Å²) in [6.45, 7) is 0.128. The lowest BCUT2D eigenvalue weighted by atomic mass is 10.2. The average molecular weight is 377 g/mol. The number of aromatic hydroxyl groups is 1. The van der Waals surface area contributed by atoms with Crippen LogP contribution in [0.15, 0.2) is 52.0 Å². The zero-order chi connectivity index (χ0) is 16.2. The lowest BCUT2D eigenvalue weighted by Gasteiger charge is -2.24. The van der Waals surface area contributed by atoms with E-state index in [0.29, 0.717) is 16.0 Å². The molecule has 3 rings (SSSR count). The molecule has 6 nitrogen and oxygen atoms in total. The molecule has 0 radical (unpaired) electrons. The quantitative estimate of drug-likeness (QED) is 0.636. The van der Waals surface area contributed by atoms with Gasteiger partial charge in [0.05, 0.1) is 10.7 Å². The normalized spacial score (nSPS) is 16.3. The first-order chi connectivity index (χ1) is 11.1. The third-order valence-corrected chi connectivity index (χ3v) is 3.80. The molecular weight excluding hydrogens is 364 g/mol. The average Bonchev–Trinajstić information content (AvgIpc) is 2.57. The Kier molecular flexibility index (Phi) is 4.47. The molecule has 0 aliphatic carbocycles. The number of nitrogens with one attached hydrogen (secondary N) is 1. The SMILES string of the molecule is O=C(NN=Cc1ccc(O)c(Br)c1)C1COc2ccccc2O1. The Morgan fingerprint density at radius 3 is 2.87 bits per heavy atom. The molecule has 1 unspecified atom stereocenters. The summed E-state index contributed by atoms with van der Waals surface area (Å²) in [6, 6.07) is 12.1. The lowest BCUT2D eigenvalue weighted by Crippen LogP contribution is -2.42. The molecule has 0 saturated heterocycles. The topological polar surface area (TPSA) is 80.2 Å². The van der Waals surface area contributed by atoms with Crippen molar-refractivity contribution in [2.24, 2.45) is 5.10 Å². The summed E-state index contributed by atoms with van der Waals surface area (Å²) >= 11 is 3.21. The van der Waals surface area contributed by atoms with Crippen LogP contribution < -0.4 is 14.9 Å². The van der Waals surface area contributed by atoms with Crippen molar-refractivity contribution in [2.75, 3.05) is 6.61 Å². The highest BCUT2D eigenvalue weighted by Gasteiger charge is 2.26. The van der Waals surface area contributed by atoms with E-state index in [0.717, 1.165) is 5.56 Å². The summed E-state index contributed by atoms with van der Waals surface area (Å²) in [5, 5.41) is 13.3. The van der Waals surface area contributed by atoms with Gasteiger partial charge in [-0.05, 0) is 51.8 Å². The second-order valence-electron chi connectivity index (χ2n) is 4.81. The number of amides is 1.